The van der Waals surface area contributed by atoms with Crippen molar-refractivity contribution in [2.45, 2.75) is 32.1 Å². The van der Waals surface area contributed by atoms with Gasteiger partial charge in [-0.3, -0.25) is 0 Å². The van der Waals surface area contributed by atoms with Gasteiger partial charge in [-0.25, -0.2) is 15.0 Å². The highest BCUT2D eigenvalue weighted by atomic mass is 16.3. The second-order valence-electron chi connectivity index (χ2n) is 14.2. The number of hydrogen-bond acceptors (Lipinski definition) is 4. The molecule has 0 atom stereocenters. The number of nitrogens with zero attached hydrogens (tertiary/aromatic N) is 3. The molecule has 4 heteroatoms. The van der Waals surface area contributed by atoms with E-state index in [-0.39, 0.29) is 5.41 Å². The van der Waals surface area contributed by atoms with Gasteiger partial charge in [-0.05, 0) is 75.5 Å². The first kappa shape index (κ1) is 32.0. The zero-order valence-corrected chi connectivity index (χ0v) is 30.3. The van der Waals surface area contributed by atoms with Gasteiger partial charge in [0.2, 0.25) is 0 Å². The summed E-state index contributed by atoms with van der Waals surface area (Å²) in [7, 11) is 0. The molecular weight excluding hydrogens is 659 g/mol. The van der Waals surface area contributed by atoms with Crippen LogP contribution in [0.4, 0.5) is 0 Å². The van der Waals surface area contributed by atoms with Crippen LogP contribution >= 0.6 is 0 Å². The maximum absolute atomic E-state index is 6.54. The van der Waals surface area contributed by atoms with Crippen LogP contribution in [0.25, 0.3) is 89.5 Å². The summed E-state index contributed by atoms with van der Waals surface area (Å²) in [5.41, 5.74) is 14.3. The van der Waals surface area contributed by atoms with Crippen molar-refractivity contribution in [3.63, 3.8) is 0 Å². The van der Waals surface area contributed by atoms with Crippen LogP contribution < -0.4 is 0 Å². The normalized spacial score (nSPS) is 12.9. The van der Waals surface area contributed by atoms with Crippen LogP contribution in [-0.2, 0) is 5.41 Å². The lowest BCUT2D eigenvalue weighted by Crippen LogP contribution is -2.22. The molecule has 9 aromatic rings. The van der Waals surface area contributed by atoms with E-state index < -0.39 is 0 Å². The molecule has 0 bridgehead atoms. The summed E-state index contributed by atoms with van der Waals surface area (Å²) in [4.78, 5) is 15.7. The molecule has 1 aliphatic rings. The maximum Gasteiger partial charge on any atom is 0.164 e. The number of aromatic nitrogens is 3. The molecule has 7 aromatic carbocycles. The summed E-state index contributed by atoms with van der Waals surface area (Å²) in [6.45, 7) is 4.61. The van der Waals surface area contributed by atoms with E-state index in [2.05, 4.69) is 159 Å². The van der Waals surface area contributed by atoms with Gasteiger partial charge in [0, 0.05) is 32.9 Å². The van der Waals surface area contributed by atoms with Crippen LogP contribution in [0.2, 0.25) is 0 Å². The zero-order chi connectivity index (χ0) is 36.2. The van der Waals surface area contributed by atoms with Gasteiger partial charge in [0.05, 0.1) is 0 Å². The number of benzene rings is 7. The van der Waals surface area contributed by atoms with Crippen molar-refractivity contribution in [2.75, 3.05) is 0 Å². The third kappa shape index (κ3) is 5.02. The first-order valence-electron chi connectivity index (χ1n) is 18.8. The Hall–Kier alpha value is -6.65. The highest BCUT2D eigenvalue weighted by Gasteiger charge is 2.41. The van der Waals surface area contributed by atoms with E-state index in [1.165, 1.54) is 27.8 Å². The predicted molar refractivity (Wildman–Crippen MR) is 221 cm³/mol. The smallest absolute Gasteiger partial charge is 0.164 e. The predicted octanol–water partition coefficient (Wildman–Crippen LogP) is 13.2. The van der Waals surface area contributed by atoms with Crippen LogP contribution in [0.1, 0.15) is 37.8 Å². The minimum absolute atomic E-state index is 0.0567. The van der Waals surface area contributed by atoms with Gasteiger partial charge >= 0.3 is 0 Å². The zero-order valence-electron chi connectivity index (χ0n) is 30.3. The van der Waals surface area contributed by atoms with Crippen molar-refractivity contribution >= 4 is 21.9 Å². The van der Waals surface area contributed by atoms with Crippen molar-refractivity contribution < 1.29 is 4.42 Å². The Morgan fingerprint density at radius 1 is 0.426 bits per heavy atom. The van der Waals surface area contributed by atoms with Crippen molar-refractivity contribution in [1.29, 1.82) is 0 Å². The van der Waals surface area contributed by atoms with Gasteiger partial charge in [-0.15, -0.1) is 0 Å². The fraction of sp³-hybridized carbons (Fsp3) is 0.100. The average molecular weight is 696 g/mol. The number of rotatable bonds is 7. The Morgan fingerprint density at radius 3 is 1.74 bits per heavy atom. The van der Waals surface area contributed by atoms with Crippen LogP contribution in [-0.4, -0.2) is 15.0 Å². The molecule has 0 fully saturated rings. The minimum Gasteiger partial charge on any atom is -0.456 e. The molecule has 0 aliphatic heterocycles. The summed E-state index contributed by atoms with van der Waals surface area (Å²) in [5, 5.41) is 2.17. The molecule has 0 saturated carbocycles. The summed E-state index contributed by atoms with van der Waals surface area (Å²) in [6, 6.07) is 57.6. The topological polar surface area (TPSA) is 51.8 Å². The second-order valence-corrected chi connectivity index (χ2v) is 14.2. The number of furan rings is 1. The quantitative estimate of drug-likeness (QED) is 0.167. The first-order valence-corrected chi connectivity index (χ1v) is 18.8. The molecule has 54 heavy (non-hydrogen) atoms. The lowest BCUT2D eigenvalue weighted by atomic mass is 9.74. The van der Waals surface area contributed by atoms with Gasteiger partial charge in [0.1, 0.15) is 11.2 Å². The van der Waals surface area contributed by atoms with Crippen LogP contribution in [0, 0.1) is 0 Å². The Bertz CT molecular complexity index is 2830. The van der Waals surface area contributed by atoms with Gasteiger partial charge in [0.15, 0.2) is 17.5 Å². The standard InChI is InChI=1S/C50H37N3O/c1-3-50(4-2)41-22-12-11-19-38(41)45-40(21-13-23-42(45)50)49-52-47(35-27-25-33(26-28-35)32-15-7-5-8-16-32)51-48(53-49)36-29-30-39-44(31-36)54-43-24-14-20-37(46(39)43)34-17-9-6-10-18-34/h5-31H,3-4H2,1-2H3. The number of fused-ring (bicyclic) bond motifs is 6. The third-order valence-corrected chi connectivity index (χ3v) is 11.5. The molecule has 4 nitrogen and oxygen atoms in total. The van der Waals surface area contributed by atoms with Crippen molar-refractivity contribution in [2.24, 2.45) is 0 Å². The highest BCUT2D eigenvalue weighted by Crippen LogP contribution is 2.55. The van der Waals surface area contributed by atoms with Crippen LogP contribution in [0.15, 0.2) is 168 Å². The molecular formula is C50H37N3O. The van der Waals surface area contributed by atoms with Gasteiger partial charge in [-0.1, -0.05) is 159 Å². The summed E-state index contributed by atoms with van der Waals surface area (Å²) < 4.78 is 6.54. The summed E-state index contributed by atoms with van der Waals surface area (Å²) in [6.07, 6.45) is 2.03. The average Bonchev–Trinajstić information content (AvgIpc) is 3.77. The van der Waals surface area contributed by atoms with Crippen molar-refractivity contribution in [1.82, 2.24) is 15.0 Å². The summed E-state index contributed by atoms with van der Waals surface area (Å²) in [5.74, 6) is 1.90. The fourth-order valence-corrected chi connectivity index (χ4v) is 8.72. The Kier molecular flexibility index (Phi) is 7.58. The minimum atomic E-state index is -0.0567. The largest absolute Gasteiger partial charge is 0.456 e. The maximum atomic E-state index is 6.54. The van der Waals surface area contributed by atoms with Crippen LogP contribution in [0.3, 0.4) is 0 Å². The van der Waals surface area contributed by atoms with E-state index in [0.29, 0.717) is 17.5 Å². The van der Waals surface area contributed by atoms with E-state index in [9.17, 15) is 0 Å². The molecule has 0 unspecified atom stereocenters. The van der Waals surface area contributed by atoms with E-state index in [1.807, 2.05) is 18.2 Å². The van der Waals surface area contributed by atoms with Crippen molar-refractivity contribution in [3.05, 3.63) is 175 Å². The molecule has 258 valence electrons. The molecule has 2 aromatic heterocycles. The monoisotopic (exact) mass is 695 g/mol. The van der Waals surface area contributed by atoms with E-state index >= 15 is 0 Å². The van der Waals surface area contributed by atoms with Crippen LogP contribution in [0.5, 0.6) is 0 Å². The molecule has 1 aliphatic carbocycles. The molecule has 10 rings (SSSR count). The number of hydrogen-bond donors (Lipinski definition) is 0. The molecule has 0 amide bonds. The lowest BCUT2D eigenvalue weighted by Gasteiger charge is -2.29. The Morgan fingerprint density at radius 2 is 0.981 bits per heavy atom. The van der Waals surface area contributed by atoms with Gasteiger partial charge in [-0.2, -0.15) is 0 Å². The second kappa shape index (κ2) is 12.8. The van der Waals surface area contributed by atoms with E-state index in [1.54, 1.807) is 0 Å². The summed E-state index contributed by atoms with van der Waals surface area (Å²) >= 11 is 0. The highest BCUT2D eigenvalue weighted by molar-refractivity contribution is 6.13. The Labute approximate surface area is 314 Å². The molecule has 0 spiro atoms. The molecule has 2 heterocycles. The van der Waals surface area contributed by atoms with Gasteiger partial charge in [0.25, 0.3) is 0 Å². The third-order valence-electron chi connectivity index (χ3n) is 11.5. The van der Waals surface area contributed by atoms with E-state index in [4.69, 9.17) is 19.4 Å². The SMILES string of the molecule is CCC1(CC)c2ccccc2-c2c(-c3nc(-c4ccc(-c5ccccc5)cc4)nc(-c4ccc5c(c4)oc4cccc(-c6ccccc6)c45)n3)cccc21. The fourth-order valence-electron chi connectivity index (χ4n) is 8.72. The first-order chi connectivity index (χ1) is 26.6. The van der Waals surface area contributed by atoms with E-state index in [0.717, 1.165) is 68.2 Å². The molecule has 0 saturated heterocycles. The van der Waals surface area contributed by atoms with Gasteiger partial charge < -0.3 is 4.42 Å². The Balaban J connectivity index is 1.17. The van der Waals surface area contributed by atoms with Crippen molar-refractivity contribution in [3.8, 4) is 67.5 Å². The molecule has 0 N–H and O–H groups in total. The molecule has 0 radical (unpaired) electrons. The lowest BCUT2D eigenvalue weighted by molar-refractivity contribution is 0.490.